The number of hydrogen-bond donors (Lipinski definition) is 0. The van der Waals surface area contributed by atoms with E-state index in [9.17, 15) is 0 Å². The topological polar surface area (TPSA) is 24.7 Å². The van der Waals surface area contributed by atoms with Gasteiger partial charge in [0.05, 0.1) is 0 Å². The van der Waals surface area contributed by atoms with Crippen LogP contribution in [0.15, 0.2) is 82.4 Å². The van der Waals surface area contributed by atoms with Gasteiger partial charge in [-0.15, -0.1) is 0 Å². The van der Waals surface area contributed by atoms with Gasteiger partial charge in [-0.1, -0.05) is 60.8 Å². The highest BCUT2D eigenvalue weighted by atomic mass is 14.7. The molecule has 2 heteroatoms. The molecular weight excluding hydrogens is 340 g/mol. The summed E-state index contributed by atoms with van der Waals surface area (Å²) in [6.45, 7) is 10.0. The van der Waals surface area contributed by atoms with Gasteiger partial charge >= 0.3 is 0 Å². The number of nitrogens with zero attached hydrogens (tertiary/aromatic N) is 2. The molecule has 0 aliphatic heterocycles. The molecule has 0 aromatic heterocycles. The number of hydrogen-bond acceptors (Lipinski definition) is 2. The molecule has 0 saturated carbocycles. The molecule has 0 saturated heterocycles. The first-order valence-corrected chi connectivity index (χ1v) is 10.6. The zero-order valence-electron chi connectivity index (χ0n) is 18.5. The predicted octanol–water partition coefficient (Wildman–Crippen LogP) is 7.63. The van der Waals surface area contributed by atoms with Crippen molar-refractivity contribution in [1.29, 1.82) is 0 Å². The summed E-state index contributed by atoms with van der Waals surface area (Å²) in [4.78, 5) is 9.00. The standard InChI is InChI=1S/C26H40N2/c1-5-7-17-21-26(4)28-23-19-16-14-12-10-9-11-13-15-18-22-27-24-25(3)20-8-6-2/h5-12,17,20-21,24H,13-16,18-19,22-23H2,1-4H3/b7-5-,8-6-,11-9-,12-10-,21-17-,25-20-,27-24?,28-26?. The average molecular weight is 381 g/mol. The molecule has 0 bridgehead atoms. The van der Waals surface area contributed by atoms with Gasteiger partial charge < -0.3 is 0 Å². The van der Waals surface area contributed by atoms with Crippen molar-refractivity contribution in [1.82, 2.24) is 0 Å². The lowest BCUT2D eigenvalue weighted by Gasteiger charge is -1.95. The lowest BCUT2D eigenvalue weighted by atomic mass is 10.2. The van der Waals surface area contributed by atoms with Crippen LogP contribution in [0.1, 0.15) is 66.2 Å². The van der Waals surface area contributed by atoms with Gasteiger partial charge in [-0.25, -0.2) is 0 Å². The van der Waals surface area contributed by atoms with E-state index in [1.165, 1.54) is 18.4 Å². The Bertz CT molecular complexity index is 596. The van der Waals surface area contributed by atoms with Gasteiger partial charge in [0.1, 0.15) is 0 Å². The number of allylic oxidation sites excluding steroid dienone is 12. The summed E-state index contributed by atoms with van der Waals surface area (Å²) in [6.07, 6.45) is 32.0. The van der Waals surface area contributed by atoms with Crippen molar-refractivity contribution >= 4 is 11.9 Å². The molecule has 28 heavy (non-hydrogen) atoms. The molecule has 0 atom stereocenters. The third-order valence-corrected chi connectivity index (χ3v) is 3.92. The second-order valence-corrected chi connectivity index (χ2v) is 6.73. The van der Waals surface area contributed by atoms with E-state index in [0.717, 1.165) is 44.5 Å². The second-order valence-electron chi connectivity index (χ2n) is 6.73. The van der Waals surface area contributed by atoms with Crippen molar-refractivity contribution in [3.8, 4) is 0 Å². The largest absolute Gasteiger partial charge is 0.293 e. The Morgan fingerprint density at radius 3 is 2.00 bits per heavy atom. The molecule has 0 aliphatic carbocycles. The van der Waals surface area contributed by atoms with Crippen LogP contribution in [0.25, 0.3) is 0 Å². The van der Waals surface area contributed by atoms with E-state index >= 15 is 0 Å². The SMILES string of the molecule is C/C=C\C=C/C(C)=NCCCC/C=C\C=C/CCCCN=C/C(C)=C\C=C/C. The Balaban J connectivity index is 3.62. The lowest BCUT2D eigenvalue weighted by Crippen LogP contribution is -1.88. The van der Waals surface area contributed by atoms with Crippen LogP contribution in [0, 0.1) is 0 Å². The summed E-state index contributed by atoms with van der Waals surface area (Å²) in [7, 11) is 0. The highest BCUT2D eigenvalue weighted by Gasteiger charge is 1.87. The van der Waals surface area contributed by atoms with Crippen molar-refractivity contribution in [2.75, 3.05) is 13.1 Å². The Morgan fingerprint density at radius 2 is 1.36 bits per heavy atom. The summed E-state index contributed by atoms with van der Waals surface area (Å²) in [5, 5.41) is 0. The molecule has 2 nitrogen and oxygen atoms in total. The Kier molecular flexibility index (Phi) is 19.4. The van der Waals surface area contributed by atoms with E-state index in [2.05, 4.69) is 60.3 Å². The molecule has 0 fully saturated rings. The minimum absolute atomic E-state index is 0.914. The molecule has 0 aromatic carbocycles. The van der Waals surface area contributed by atoms with E-state index < -0.39 is 0 Å². The van der Waals surface area contributed by atoms with Crippen LogP contribution >= 0.6 is 0 Å². The molecule has 0 aromatic rings. The van der Waals surface area contributed by atoms with Crippen LogP contribution in [0.3, 0.4) is 0 Å². The molecule has 0 N–H and O–H groups in total. The van der Waals surface area contributed by atoms with Crippen LogP contribution in [-0.2, 0) is 0 Å². The van der Waals surface area contributed by atoms with Gasteiger partial charge in [0.2, 0.25) is 0 Å². The molecule has 154 valence electrons. The zero-order chi connectivity index (χ0) is 20.7. The van der Waals surface area contributed by atoms with Gasteiger partial charge in [0.25, 0.3) is 0 Å². The molecular formula is C26H40N2. The van der Waals surface area contributed by atoms with Gasteiger partial charge in [-0.2, -0.15) is 0 Å². The van der Waals surface area contributed by atoms with Crippen LogP contribution in [0.5, 0.6) is 0 Å². The third kappa shape index (κ3) is 20.1. The van der Waals surface area contributed by atoms with Crippen molar-refractivity contribution < 1.29 is 0 Å². The molecule has 0 radical (unpaired) electrons. The van der Waals surface area contributed by atoms with Crippen LogP contribution in [0.2, 0.25) is 0 Å². The second kappa shape index (κ2) is 21.1. The fraction of sp³-hybridized carbons (Fsp3) is 0.462. The van der Waals surface area contributed by atoms with Crippen LogP contribution in [-0.4, -0.2) is 25.0 Å². The van der Waals surface area contributed by atoms with Crippen LogP contribution in [0.4, 0.5) is 0 Å². The van der Waals surface area contributed by atoms with Gasteiger partial charge in [0, 0.05) is 25.0 Å². The minimum atomic E-state index is 0.914. The molecule has 0 spiro atoms. The van der Waals surface area contributed by atoms with Crippen molar-refractivity contribution in [3.05, 3.63) is 72.4 Å². The molecule has 0 amide bonds. The summed E-state index contributed by atoms with van der Waals surface area (Å²) >= 11 is 0. The Morgan fingerprint density at radius 1 is 0.714 bits per heavy atom. The minimum Gasteiger partial charge on any atom is -0.293 e. The Hall–Kier alpha value is -2.22. The fourth-order valence-electron chi connectivity index (χ4n) is 2.30. The third-order valence-electron chi connectivity index (χ3n) is 3.92. The maximum Gasteiger partial charge on any atom is 0.0392 e. The first kappa shape index (κ1) is 25.8. The average Bonchev–Trinajstić information content (AvgIpc) is 2.69. The fourth-order valence-corrected chi connectivity index (χ4v) is 2.30. The predicted molar refractivity (Wildman–Crippen MR) is 130 cm³/mol. The van der Waals surface area contributed by atoms with E-state index in [-0.39, 0.29) is 0 Å². The van der Waals surface area contributed by atoms with Crippen molar-refractivity contribution in [2.45, 2.75) is 66.2 Å². The highest BCUT2D eigenvalue weighted by molar-refractivity contribution is 5.92. The molecule has 0 rings (SSSR count). The highest BCUT2D eigenvalue weighted by Crippen LogP contribution is 2.00. The van der Waals surface area contributed by atoms with E-state index in [4.69, 9.17) is 0 Å². The normalized spacial score (nSPS) is 14.4. The summed E-state index contributed by atoms with van der Waals surface area (Å²) in [5.41, 5.74) is 2.30. The lowest BCUT2D eigenvalue weighted by molar-refractivity contribution is 0.758. The molecule has 0 unspecified atom stereocenters. The van der Waals surface area contributed by atoms with E-state index in [0.29, 0.717) is 0 Å². The monoisotopic (exact) mass is 380 g/mol. The molecule has 0 aliphatic rings. The molecule has 0 heterocycles. The van der Waals surface area contributed by atoms with E-state index in [1.807, 2.05) is 50.4 Å². The number of rotatable bonds is 15. The summed E-state index contributed by atoms with van der Waals surface area (Å²) < 4.78 is 0. The maximum absolute atomic E-state index is 4.55. The number of unbranched alkanes of at least 4 members (excludes halogenated alkanes) is 4. The smallest absolute Gasteiger partial charge is 0.0392 e. The van der Waals surface area contributed by atoms with Gasteiger partial charge in [-0.3, -0.25) is 9.98 Å². The summed E-state index contributed by atoms with van der Waals surface area (Å²) in [6, 6.07) is 0. The van der Waals surface area contributed by atoms with Gasteiger partial charge in [-0.05, 0) is 77.9 Å². The first-order chi connectivity index (χ1) is 13.7. The van der Waals surface area contributed by atoms with Gasteiger partial charge in [0.15, 0.2) is 0 Å². The van der Waals surface area contributed by atoms with Crippen molar-refractivity contribution in [3.63, 3.8) is 0 Å². The first-order valence-electron chi connectivity index (χ1n) is 10.6. The van der Waals surface area contributed by atoms with E-state index in [1.54, 1.807) is 0 Å². The van der Waals surface area contributed by atoms with Crippen molar-refractivity contribution in [2.24, 2.45) is 9.98 Å². The Labute approximate surface area is 174 Å². The quantitative estimate of drug-likeness (QED) is 0.158. The maximum atomic E-state index is 4.55. The number of aliphatic imine (C=N–C) groups is 2. The van der Waals surface area contributed by atoms with Crippen LogP contribution < -0.4 is 0 Å². The zero-order valence-corrected chi connectivity index (χ0v) is 18.5. The summed E-state index contributed by atoms with van der Waals surface area (Å²) in [5.74, 6) is 0.